The molecule has 0 saturated carbocycles. The first-order valence-corrected chi connectivity index (χ1v) is 8.22. The summed E-state index contributed by atoms with van der Waals surface area (Å²) >= 11 is 0. The second-order valence-corrected chi connectivity index (χ2v) is 6.08. The fourth-order valence-electron chi connectivity index (χ4n) is 2.94. The molecule has 0 unspecified atom stereocenters. The number of fused-ring (bicyclic) bond motifs is 1. The molecule has 0 aliphatic carbocycles. The molecule has 0 bridgehead atoms. The highest BCUT2D eigenvalue weighted by molar-refractivity contribution is 5.87. The minimum Gasteiger partial charge on any atom is -0.506 e. The Labute approximate surface area is 151 Å². The van der Waals surface area contributed by atoms with Crippen LogP contribution < -0.4 is 15.6 Å². The number of aliphatic hydroxyl groups is 1. The van der Waals surface area contributed by atoms with E-state index in [-0.39, 0.29) is 11.3 Å². The lowest BCUT2D eigenvalue weighted by molar-refractivity contribution is 0.175. The van der Waals surface area contributed by atoms with Gasteiger partial charge >= 0.3 is 0 Å². The Hall–Kier alpha value is -2.83. The summed E-state index contributed by atoms with van der Waals surface area (Å²) < 4.78 is 5.35. The van der Waals surface area contributed by atoms with Crippen molar-refractivity contribution in [3.63, 3.8) is 0 Å². The number of aromatic amines is 1. The zero-order valence-corrected chi connectivity index (χ0v) is 14.5. The van der Waals surface area contributed by atoms with Gasteiger partial charge in [0, 0.05) is 30.1 Å². The van der Waals surface area contributed by atoms with E-state index in [0.29, 0.717) is 29.6 Å². The summed E-state index contributed by atoms with van der Waals surface area (Å²) in [7, 11) is 1.61. The maximum Gasteiger partial charge on any atom is 0.248 e. The van der Waals surface area contributed by atoms with Crippen molar-refractivity contribution in [3.05, 3.63) is 76.4 Å². The number of benzene rings is 2. The third-order valence-electron chi connectivity index (χ3n) is 4.27. The molecule has 6 nitrogen and oxygen atoms in total. The minimum absolute atomic E-state index is 0.0281. The summed E-state index contributed by atoms with van der Waals surface area (Å²) in [5.74, 6) is 0.715. The molecule has 1 heterocycles. The summed E-state index contributed by atoms with van der Waals surface area (Å²) in [4.78, 5) is 14.1. The van der Waals surface area contributed by atoms with Crippen molar-refractivity contribution in [2.75, 3.05) is 13.7 Å². The predicted molar refractivity (Wildman–Crippen MR) is 100 cm³/mol. The van der Waals surface area contributed by atoms with Crippen molar-refractivity contribution in [1.29, 1.82) is 0 Å². The fourth-order valence-corrected chi connectivity index (χ4v) is 2.94. The van der Waals surface area contributed by atoms with Gasteiger partial charge in [0.15, 0.2) is 0 Å². The van der Waals surface area contributed by atoms with Gasteiger partial charge in [0.25, 0.3) is 0 Å². The van der Waals surface area contributed by atoms with Crippen molar-refractivity contribution in [3.8, 4) is 11.5 Å². The molecule has 0 spiro atoms. The second-order valence-electron chi connectivity index (χ2n) is 6.08. The minimum atomic E-state index is -0.804. The van der Waals surface area contributed by atoms with Gasteiger partial charge in [-0.3, -0.25) is 4.79 Å². The maximum atomic E-state index is 11.5. The predicted octanol–water partition coefficient (Wildman–Crippen LogP) is 2.25. The van der Waals surface area contributed by atoms with E-state index in [1.807, 2.05) is 18.2 Å². The third-order valence-corrected chi connectivity index (χ3v) is 4.27. The summed E-state index contributed by atoms with van der Waals surface area (Å²) in [5.41, 5.74) is 2.48. The lowest BCUT2D eigenvalue weighted by atomic mass is 10.0. The number of hydrogen-bond acceptors (Lipinski definition) is 5. The van der Waals surface area contributed by atoms with Crippen LogP contribution in [0.15, 0.2) is 47.3 Å². The van der Waals surface area contributed by atoms with E-state index in [9.17, 15) is 15.0 Å². The van der Waals surface area contributed by atoms with Crippen molar-refractivity contribution >= 4 is 10.9 Å². The molecule has 1 atom stereocenters. The SMILES string of the molecule is [CH2]c1ccc(CNC[C@H](O)c2ccc(O)c3[nH]c(=O)ccc23)c(OC)c1. The number of pyridine rings is 1. The van der Waals surface area contributed by atoms with E-state index in [2.05, 4.69) is 17.2 Å². The first-order chi connectivity index (χ1) is 12.5. The first-order valence-electron chi connectivity index (χ1n) is 8.22. The molecule has 135 valence electrons. The topological polar surface area (TPSA) is 94.6 Å². The number of ether oxygens (including phenoxy) is 1. The van der Waals surface area contributed by atoms with Crippen molar-refractivity contribution in [2.45, 2.75) is 12.6 Å². The third kappa shape index (κ3) is 3.71. The Morgan fingerprint density at radius 2 is 2.04 bits per heavy atom. The van der Waals surface area contributed by atoms with Gasteiger partial charge in [-0.25, -0.2) is 0 Å². The van der Waals surface area contributed by atoms with Crippen LogP contribution in [0.3, 0.4) is 0 Å². The molecule has 3 aromatic rings. The molecule has 6 heteroatoms. The number of nitrogens with one attached hydrogen (secondary N) is 2. The molecular weight excluding hydrogens is 332 g/mol. The van der Waals surface area contributed by atoms with Crippen LogP contribution in [-0.4, -0.2) is 28.9 Å². The van der Waals surface area contributed by atoms with E-state index in [1.54, 1.807) is 19.2 Å². The molecule has 4 N–H and O–H groups in total. The molecule has 2 aromatic carbocycles. The summed E-state index contributed by atoms with van der Waals surface area (Å²) in [6.45, 7) is 4.70. The zero-order valence-electron chi connectivity index (χ0n) is 14.5. The standard InChI is InChI=1S/C20H21N2O4/c1-12-3-4-13(18(9-12)26-2)10-21-11-17(24)14-5-7-16(23)20-15(14)6-8-19(25)22-20/h3-9,17,21,23-24H,1,10-11H2,2H3,(H,22,25)/t17-/m0/s1. The highest BCUT2D eigenvalue weighted by Gasteiger charge is 2.14. The van der Waals surface area contributed by atoms with Crippen LogP contribution in [0.5, 0.6) is 11.5 Å². The van der Waals surface area contributed by atoms with Crippen molar-refractivity contribution in [2.24, 2.45) is 0 Å². The highest BCUT2D eigenvalue weighted by Crippen LogP contribution is 2.28. The van der Waals surface area contributed by atoms with Crippen LogP contribution >= 0.6 is 0 Å². The number of H-pyrrole nitrogens is 1. The highest BCUT2D eigenvalue weighted by atomic mass is 16.5. The Morgan fingerprint density at radius 3 is 2.81 bits per heavy atom. The van der Waals surface area contributed by atoms with Gasteiger partial charge in [-0.2, -0.15) is 0 Å². The van der Waals surface area contributed by atoms with Gasteiger partial charge in [0.2, 0.25) is 5.56 Å². The van der Waals surface area contributed by atoms with E-state index in [0.717, 1.165) is 16.9 Å². The molecule has 26 heavy (non-hydrogen) atoms. The lowest BCUT2D eigenvalue weighted by Crippen LogP contribution is -2.21. The molecule has 3 rings (SSSR count). The van der Waals surface area contributed by atoms with Crippen LogP contribution in [0.25, 0.3) is 10.9 Å². The first kappa shape index (κ1) is 18.0. The van der Waals surface area contributed by atoms with Gasteiger partial charge in [0.05, 0.1) is 18.7 Å². The van der Waals surface area contributed by atoms with Crippen molar-refractivity contribution < 1.29 is 14.9 Å². The van der Waals surface area contributed by atoms with Gasteiger partial charge in [-0.1, -0.05) is 18.2 Å². The normalized spacial score (nSPS) is 12.3. The van der Waals surface area contributed by atoms with Gasteiger partial charge < -0.3 is 25.3 Å². The molecule has 0 fully saturated rings. The van der Waals surface area contributed by atoms with Crippen LogP contribution in [0.2, 0.25) is 0 Å². The van der Waals surface area contributed by atoms with Crippen LogP contribution in [0.1, 0.15) is 22.8 Å². The largest absolute Gasteiger partial charge is 0.506 e. The number of phenols is 1. The number of aromatic hydroxyl groups is 1. The van der Waals surface area contributed by atoms with Gasteiger partial charge in [0.1, 0.15) is 11.5 Å². The summed E-state index contributed by atoms with van der Waals surface area (Å²) in [6.07, 6.45) is -0.804. The number of rotatable bonds is 6. The van der Waals surface area contributed by atoms with Crippen LogP contribution in [0.4, 0.5) is 0 Å². The van der Waals surface area contributed by atoms with E-state index in [1.165, 1.54) is 12.1 Å². The molecule has 0 amide bonds. The van der Waals surface area contributed by atoms with E-state index in [4.69, 9.17) is 4.74 Å². The Kier molecular flexibility index (Phi) is 5.25. The number of phenolic OH excluding ortho intramolecular Hbond substituents is 1. The van der Waals surface area contributed by atoms with Crippen molar-refractivity contribution in [1.82, 2.24) is 10.3 Å². The zero-order chi connectivity index (χ0) is 18.7. The Balaban J connectivity index is 1.75. The van der Waals surface area contributed by atoms with Crippen LogP contribution in [-0.2, 0) is 6.54 Å². The average molecular weight is 353 g/mol. The quantitative estimate of drug-likeness (QED) is 0.545. The van der Waals surface area contributed by atoms with E-state index >= 15 is 0 Å². The monoisotopic (exact) mass is 353 g/mol. The van der Waals surface area contributed by atoms with Gasteiger partial charge in [-0.05, 0) is 36.2 Å². The lowest BCUT2D eigenvalue weighted by Gasteiger charge is -2.16. The molecular formula is C20H21N2O4. The fraction of sp³-hybridized carbons (Fsp3) is 0.200. The second kappa shape index (κ2) is 7.59. The maximum absolute atomic E-state index is 11.5. The summed E-state index contributed by atoms with van der Waals surface area (Å²) in [6, 6.07) is 11.8. The molecule has 1 aromatic heterocycles. The smallest absolute Gasteiger partial charge is 0.248 e. The number of hydrogen-bond donors (Lipinski definition) is 4. The van der Waals surface area contributed by atoms with Crippen LogP contribution in [0, 0.1) is 6.92 Å². The van der Waals surface area contributed by atoms with Gasteiger partial charge in [-0.15, -0.1) is 0 Å². The molecule has 0 aliphatic rings. The Bertz CT molecular complexity index is 981. The average Bonchev–Trinajstić information content (AvgIpc) is 2.63. The Morgan fingerprint density at radius 1 is 1.23 bits per heavy atom. The number of aliphatic hydroxyl groups excluding tert-OH is 1. The summed E-state index contributed by atoms with van der Waals surface area (Å²) in [5, 5.41) is 24.3. The molecule has 1 radical (unpaired) electrons. The molecule has 0 saturated heterocycles. The molecule has 0 aliphatic heterocycles. The number of methoxy groups -OCH3 is 1. The van der Waals surface area contributed by atoms with E-state index < -0.39 is 6.10 Å². The number of aromatic nitrogens is 1.